The number of hydrogen-bond donors (Lipinski definition) is 4. The number of fused-ring (bicyclic) bond motifs is 1. The van der Waals surface area contributed by atoms with Crippen LogP contribution in [0, 0.1) is 0 Å². The van der Waals surface area contributed by atoms with Crippen LogP contribution in [-0.4, -0.2) is 68.0 Å². The van der Waals surface area contributed by atoms with E-state index >= 15 is 0 Å². The lowest BCUT2D eigenvalue weighted by Gasteiger charge is -2.17. The summed E-state index contributed by atoms with van der Waals surface area (Å²) in [5, 5.41) is 20.3. The first-order valence-corrected chi connectivity index (χ1v) is 9.63. The minimum Gasteiger partial charge on any atom is -0.387 e. The molecule has 0 amide bonds. The summed E-state index contributed by atoms with van der Waals surface area (Å²) < 4.78 is 23.7. The lowest BCUT2D eigenvalue weighted by atomic mass is 10.1. The summed E-state index contributed by atoms with van der Waals surface area (Å²) in [6, 6.07) is 0. The predicted octanol–water partition coefficient (Wildman–Crippen LogP) is -1.12. The van der Waals surface area contributed by atoms with E-state index in [1.807, 2.05) is 0 Å². The number of rotatable bonds is 4. The molecule has 12 heteroatoms. The third-order valence-corrected chi connectivity index (χ3v) is 4.38. The number of nitrogens with zero attached hydrogens (tertiary/aromatic N) is 3. The van der Waals surface area contributed by atoms with Crippen molar-refractivity contribution in [1.82, 2.24) is 19.5 Å². The van der Waals surface area contributed by atoms with Gasteiger partial charge in [-0.2, -0.15) is 4.98 Å². The third-order valence-electron chi connectivity index (χ3n) is 3.61. The highest BCUT2D eigenvalue weighted by Gasteiger charge is 2.44. The topological polar surface area (TPSA) is 166 Å². The van der Waals surface area contributed by atoms with Crippen molar-refractivity contribution in [3.63, 3.8) is 0 Å². The fourth-order valence-corrected chi connectivity index (χ4v) is 2.98. The Bertz CT molecular complexity index is 859. The fourth-order valence-electron chi connectivity index (χ4n) is 2.48. The first kappa shape index (κ1) is 17.1. The summed E-state index contributed by atoms with van der Waals surface area (Å²) in [6.07, 6.45) is -3.25. The predicted molar refractivity (Wildman–Crippen MR) is 83.9 cm³/mol. The van der Waals surface area contributed by atoms with E-state index in [9.17, 15) is 19.6 Å². The Labute approximate surface area is 135 Å². The van der Waals surface area contributed by atoms with Crippen LogP contribution in [0.5, 0.6) is 0 Å². The Morgan fingerprint density at radius 1 is 1.46 bits per heavy atom. The minimum atomic E-state index is -2.76. The molecule has 4 atom stereocenters. The SMILES string of the molecule is CP(C)(=O)OCC1OC(n2cnc3c(=O)[nH]c(N)nc32)C(O)C1O. The number of H-pyrrole nitrogens is 1. The highest BCUT2D eigenvalue weighted by atomic mass is 31.2. The summed E-state index contributed by atoms with van der Waals surface area (Å²) in [7, 11) is -2.76. The summed E-state index contributed by atoms with van der Waals surface area (Å²) in [5.74, 6) is -0.111. The van der Waals surface area contributed by atoms with Crippen LogP contribution in [-0.2, 0) is 13.8 Å². The van der Waals surface area contributed by atoms with Crippen molar-refractivity contribution >= 4 is 24.5 Å². The van der Waals surface area contributed by atoms with Crippen molar-refractivity contribution in [3.8, 4) is 0 Å². The number of anilines is 1. The van der Waals surface area contributed by atoms with Gasteiger partial charge in [-0.3, -0.25) is 18.9 Å². The first-order chi connectivity index (χ1) is 11.2. The average Bonchev–Trinajstić information content (AvgIpc) is 3.00. The molecule has 1 saturated heterocycles. The molecule has 1 fully saturated rings. The van der Waals surface area contributed by atoms with E-state index in [0.717, 1.165) is 0 Å². The zero-order valence-corrected chi connectivity index (χ0v) is 13.9. The van der Waals surface area contributed by atoms with E-state index in [0.29, 0.717) is 0 Å². The number of aliphatic hydroxyl groups excluding tert-OH is 2. The molecule has 0 aromatic carbocycles. The van der Waals surface area contributed by atoms with Crippen molar-refractivity contribution in [2.45, 2.75) is 24.5 Å². The molecule has 132 valence electrons. The van der Waals surface area contributed by atoms with E-state index in [-0.39, 0.29) is 23.7 Å². The third kappa shape index (κ3) is 3.08. The zero-order chi connectivity index (χ0) is 17.6. The monoisotopic (exact) mass is 359 g/mol. The van der Waals surface area contributed by atoms with Gasteiger partial charge in [-0.15, -0.1) is 0 Å². The number of aromatic amines is 1. The molecule has 5 N–H and O–H groups in total. The van der Waals surface area contributed by atoms with Gasteiger partial charge in [-0.25, -0.2) is 4.98 Å². The number of aromatic nitrogens is 4. The Hall–Kier alpha value is -1.78. The quantitative estimate of drug-likeness (QED) is 0.494. The van der Waals surface area contributed by atoms with Gasteiger partial charge in [0.05, 0.1) is 12.9 Å². The van der Waals surface area contributed by atoms with Gasteiger partial charge in [0, 0.05) is 13.3 Å². The van der Waals surface area contributed by atoms with Crippen LogP contribution in [0.25, 0.3) is 11.2 Å². The molecule has 2 aromatic rings. The van der Waals surface area contributed by atoms with E-state index in [2.05, 4.69) is 15.0 Å². The average molecular weight is 359 g/mol. The van der Waals surface area contributed by atoms with Gasteiger partial charge in [0.25, 0.3) is 5.56 Å². The second kappa shape index (κ2) is 5.94. The van der Waals surface area contributed by atoms with Crippen molar-refractivity contribution < 1.29 is 24.0 Å². The van der Waals surface area contributed by atoms with Crippen LogP contribution < -0.4 is 11.3 Å². The number of nitrogen functional groups attached to an aromatic ring is 1. The highest BCUT2D eigenvalue weighted by molar-refractivity contribution is 7.57. The molecule has 0 saturated carbocycles. The van der Waals surface area contributed by atoms with Crippen LogP contribution in [0.15, 0.2) is 11.1 Å². The summed E-state index contributed by atoms with van der Waals surface area (Å²) in [6.45, 7) is 2.72. The molecule has 4 unspecified atom stereocenters. The van der Waals surface area contributed by atoms with Gasteiger partial charge in [0.2, 0.25) is 5.95 Å². The van der Waals surface area contributed by atoms with Crippen molar-refractivity contribution in [2.24, 2.45) is 0 Å². The largest absolute Gasteiger partial charge is 0.387 e. The van der Waals surface area contributed by atoms with E-state index in [1.165, 1.54) is 24.2 Å². The van der Waals surface area contributed by atoms with Crippen molar-refractivity contribution in [2.75, 3.05) is 25.7 Å². The first-order valence-electron chi connectivity index (χ1n) is 7.11. The van der Waals surface area contributed by atoms with Gasteiger partial charge >= 0.3 is 0 Å². The van der Waals surface area contributed by atoms with Gasteiger partial charge in [-0.05, 0) is 0 Å². The van der Waals surface area contributed by atoms with E-state index in [4.69, 9.17) is 15.0 Å². The van der Waals surface area contributed by atoms with E-state index in [1.54, 1.807) is 0 Å². The zero-order valence-electron chi connectivity index (χ0n) is 13.0. The molecule has 1 aliphatic rings. The number of nitrogens with two attached hydrogens (primary N) is 1. The Morgan fingerprint density at radius 2 is 2.17 bits per heavy atom. The Kier molecular flexibility index (Phi) is 4.22. The molecule has 0 aliphatic carbocycles. The molecule has 3 heterocycles. The minimum absolute atomic E-state index is 0.0285. The molecule has 0 radical (unpaired) electrons. The van der Waals surface area contributed by atoms with Gasteiger partial charge in [0.15, 0.2) is 24.8 Å². The highest BCUT2D eigenvalue weighted by Crippen LogP contribution is 2.39. The number of ether oxygens (including phenoxy) is 1. The Morgan fingerprint density at radius 3 is 2.83 bits per heavy atom. The number of hydrogen-bond acceptors (Lipinski definition) is 9. The van der Waals surface area contributed by atoms with Crippen LogP contribution in [0.1, 0.15) is 6.23 Å². The van der Waals surface area contributed by atoms with Crippen molar-refractivity contribution in [1.29, 1.82) is 0 Å². The summed E-state index contributed by atoms with van der Waals surface area (Å²) in [5.41, 5.74) is 5.14. The molecular formula is C12H18N5O6P. The molecule has 11 nitrogen and oxygen atoms in total. The van der Waals surface area contributed by atoms with E-state index < -0.39 is 37.5 Å². The maximum Gasteiger partial charge on any atom is 0.280 e. The number of imidazole rings is 1. The maximum atomic E-state index is 11.8. The smallest absolute Gasteiger partial charge is 0.280 e. The normalized spacial score (nSPS) is 27.8. The number of aliphatic hydroxyl groups is 2. The Balaban J connectivity index is 1.90. The molecule has 0 spiro atoms. The molecule has 24 heavy (non-hydrogen) atoms. The number of nitrogens with one attached hydrogen (secondary N) is 1. The molecule has 0 bridgehead atoms. The summed E-state index contributed by atoms with van der Waals surface area (Å²) in [4.78, 5) is 22.0. The van der Waals surface area contributed by atoms with Crippen LogP contribution in [0.3, 0.4) is 0 Å². The van der Waals surface area contributed by atoms with Gasteiger partial charge in [-0.1, -0.05) is 0 Å². The standard InChI is InChI=1S/C12H18N5O6P/c1-24(2,21)22-3-5-7(18)8(19)11(23-5)17-4-14-6-9(17)15-12(13)16-10(6)20/h4-5,7-8,11,18-19H,3H2,1-2H3,(H3,13,15,16,20). The second-order valence-corrected chi connectivity index (χ2v) is 8.63. The molecular weight excluding hydrogens is 341 g/mol. The van der Waals surface area contributed by atoms with Gasteiger partial charge in [0.1, 0.15) is 18.3 Å². The van der Waals surface area contributed by atoms with Crippen molar-refractivity contribution in [3.05, 3.63) is 16.7 Å². The van der Waals surface area contributed by atoms with Crippen LogP contribution >= 0.6 is 7.37 Å². The molecule has 3 rings (SSSR count). The lowest BCUT2D eigenvalue weighted by Crippen LogP contribution is -2.33. The molecule has 1 aliphatic heterocycles. The van der Waals surface area contributed by atoms with Crippen LogP contribution in [0.4, 0.5) is 5.95 Å². The van der Waals surface area contributed by atoms with Crippen LogP contribution in [0.2, 0.25) is 0 Å². The van der Waals surface area contributed by atoms with Gasteiger partial charge < -0.3 is 25.2 Å². The maximum absolute atomic E-state index is 11.8. The lowest BCUT2D eigenvalue weighted by molar-refractivity contribution is -0.0469. The summed E-state index contributed by atoms with van der Waals surface area (Å²) >= 11 is 0. The molecule has 2 aromatic heterocycles. The second-order valence-electron chi connectivity index (χ2n) is 5.87. The fraction of sp³-hybridized carbons (Fsp3) is 0.583.